The summed E-state index contributed by atoms with van der Waals surface area (Å²) in [6, 6.07) is 10.6. The van der Waals surface area contributed by atoms with Gasteiger partial charge in [0.15, 0.2) is 12.1 Å². The van der Waals surface area contributed by atoms with Crippen molar-refractivity contribution >= 4 is 26.6 Å². The number of nitrogens with zero attached hydrogens (tertiary/aromatic N) is 2. The zero-order valence-electron chi connectivity index (χ0n) is 20.2. The lowest BCUT2D eigenvalue weighted by molar-refractivity contribution is -0.126. The molecule has 0 saturated carbocycles. The third-order valence-corrected chi connectivity index (χ3v) is 8.55. The van der Waals surface area contributed by atoms with Gasteiger partial charge in [0, 0.05) is 37.7 Å². The first-order valence-corrected chi connectivity index (χ1v) is 13.4. The molecule has 2 atom stereocenters. The second kappa shape index (κ2) is 11.0. The molecule has 1 heterocycles. The molecule has 2 aromatic rings. The molecular weight excluding hydrogens is 466 g/mol. The van der Waals surface area contributed by atoms with Gasteiger partial charge in [0.05, 0.1) is 18.6 Å². The van der Waals surface area contributed by atoms with E-state index >= 15 is 0 Å². The molecule has 0 bridgehead atoms. The molecule has 1 fully saturated rings. The first-order valence-electron chi connectivity index (χ1n) is 11.9. The Labute approximate surface area is 207 Å². The van der Waals surface area contributed by atoms with Crippen molar-refractivity contribution in [2.24, 2.45) is 5.73 Å². The van der Waals surface area contributed by atoms with E-state index in [9.17, 15) is 13.2 Å². The van der Waals surface area contributed by atoms with E-state index in [1.807, 2.05) is 29.2 Å². The summed E-state index contributed by atoms with van der Waals surface area (Å²) in [5.41, 5.74) is 6.56. The summed E-state index contributed by atoms with van der Waals surface area (Å²) >= 11 is 0. The minimum Gasteiger partial charge on any atom is -0.497 e. The Balaban J connectivity index is 1.69. The van der Waals surface area contributed by atoms with Gasteiger partial charge in [0.2, 0.25) is 10.0 Å². The SMILES string of the molecule is CCN(C(OCC1=CC=CCC1=O)N1CCCC1CN)S(=O)(=O)c1ccc2ccc(OC)cc2c1. The minimum absolute atomic E-state index is 0.000970. The molecule has 2 unspecified atom stereocenters. The maximum Gasteiger partial charge on any atom is 0.246 e. The number of allylic oxidation sites excluding steroid dienone is 3. The molecule has 2 aromatic carbocycles. The second-order valence-corrected chi connectivity index (χ2v) is 10.6. The highest BCUT2D eigenvalue weighted by molar-refractivity contribution is 7.89. The van der Waals surface area contributed by atoms with Crippen LogP contribution in [0.3, 0.4) is 0 Å². The number of likely N-dealkylation sites (tertiary alicyclic amines) is 1. The maximum atomic E-state index is 13.9. The van der Waals surface area contributed by atoms with Crippen molar-refractivity contribution in [2.45, 2.75) is 43.5 Å². The monoisotopic (exact) mass is 499 g/mol. The molecule has 1 aliphatic carbocycles. The standard InChI is InChI=1S/C26H33N3O5S/c1-3-29(35(31,32)24-13-11-19-10-12-23(33-2)15-21(19)16-24)26(28-14-6-8-22(28)17-27)34-18-20-7-4-5-9-25(20)30/h4-5,7,10-13,15-16,22,26H,3,6,8-9,14,17-18,27H2,1-2H3. The molecule has 0 aromatic heterocycles. The van der Waals surface area contributed by atoms with Crippen LogP contribution >= 0.6 is 0 Å². The maximum absolute atomic E-state index is 13.9. The predicted molar refractivity (Wildman–Crippen MR) is 135 cm³/mol. The Bertz CT molecular complexity index is 1240. The van der Waals surface area contributed by atoms with Gasteiger partial charge >= 0.3 is 0 Å². The first-order chi connectivity index (χ1) is 16.9. The van der Waals surface area contributed by atoms with Crippen molar-refractivity contribution in [3.8, 4) is 5.75 Å². The number of nitrogens with two attached hydrogens (primary N) is 1. The van der Waals surface area contributed by atoms with Crippen LogP contribution in [0.1, 0.15) is 26.2 Å². The zero-order valence-corrected chi connectivity index (χ0v) is 21.0. The Hall–Kier alpha value is -2.56. The van der Waals surface area contributed by atoms with Crippen LogP contribution in [-0.4, -0.2) is 69.2 Å². The van der Waals surface area contributed by atoms with Crippen molar-refractivity contribution in [2.75, 3.05) is 33.4 Å². The number of hydrogen-bond acceptors (Lipinski definition) is 7. The molecule has 0 amide bonds. The van der Waals surface area contributed by atoms with Crippen LogP contribution in [-0.2, 0) is 19.6 Å². The summed E-state index contributed by atoms with van der Waals surface area (Å²) in [5.74, 6) is 0.639. The van der Waals surface area contributed by atoms with Crippen molar-refractivity contribution in [3.05, 3.63) is 60.2 Å². The average Bonchev–Trinajstić information content (AvgIpc) is 3.35. The number of benzene rings is 2. The van der Waals surface area contributed by atoms with E-state index in [-0.39, 0.29) is 29.9 Å². The van der Waals surface area contributed by atoms with E-state index < -0.39 is 16.4 Å². The Kier molecular flexibility index (Phi) is 8.03. The number of hydrogen-bond donors (Lipinski definition) is 1. The summed E-state index contributed by atoms with van der Waals surface area (Å²) in [7, 11) is -2.35. The fourth-order valence-corrected chi connectivity index (χ4v) is 6.24. The number of sulfonamides is 1. The lowest BCUT2D eigenvalue weighted by Gasteiger charge is -2.38. The van der Waals surface area contributed by atoms with Crippen LogP contribution in [0.15, 0.2) is 65.1 Å². The Morgan fingerprint density at radius 1 is 1.20 bits per heavy atom. The van der Waals surface area contributed by atoms with Gasteiger partial charge in [-0.3, -0.25) is 9.69 Å². The number of carbonyl (C=O) groups excluding carboxylic acids is 1. The number of ether oxygens (including phenoxy) is 2. The summed E-state index contributed by atoms with van der Waals surface area (Å²) < 4.78 is 40.8. The van der Waals surface area contributed by atoms with Crippen LogP contribution < -0.4 is 10.5 Å². The normalized spacial score (nSPS) is 19.9. The number of Topliss-reactive ketones (excluding diaryl/α,β-unsaturated/α-hetero) is 1. The van der Waals surface area contributed by atoms with E-state index in [4.69, 9.17) is 15.2 Å². The molecule has 1 aliphatic heterocycles. The van der Waals surface area contributed by atoms with Crippen molar-refractivity contribution in [1.82, 2.24) is 9.21 Å². The van der Waals surface area contributed by atoms with Crippen LogP contribution in [0.4, 0.5) is 0 Å². The summed E-state index contributed by atoms with van der Waals surface area (Å²) in [6.45, 7) is 3.09. The zero-order chi connectivity index (χ0) is 25.0. The fraction of sp³-hybridized carbons (Fsp3) is 0.423. The predicted octanol–water partition coefficient (Wildman–Crippen LogP) is 3.04. The summed E-state index contributed by atoms with van der Waals surface area (Å²) in [4.78, 5) is 14.5. The van der Waals surface area contributed by atoms with Crippen LogP contribution in [0, 0.1) is 0 Å². The largest absolute Gasteiger partial charge is 0.497 e. The van der Waals surface area contributed by atoms with E-state index in [1.165, 1.54) is 4.31 Å². The highest BCUT2D eigenvalue weighted by Gasteiger charge is 2.39. The van der Waals surface area contributed by atoms with Crippen LogP contribution in [0.2, 0.25) is 0 Å². The summed E-state index contributed by atoms with van der Waals surface area (Å²) in [5, 5.41) is 1.68. The van der Waals surface area contributed by atoms with E-state index in [0.29, 0.717) is 30.8 Å². The molecule has 188 valence electrons. The van der Waals surface area contributed by atoms with Crippen LogP contribution in [0.5, 0.6) is 5.75 Å². The fourth-order valence-electron chi connectivity index (χ4n) is 4.69. The van der Waals surface area contributed by atoms with E-state index in [1.54, 1.807) is 44.4 Å². The van der Waals surface area contributed by atoms with Gasteiger partial charge in [-0.05, 0) is 47.9 Å². The minimum atomic E-state index is -3.93. The number of rotatable bonds is 10. The smallest absolute Gasteiger partial charge is 0.246 e. The number of fused-ring (bicyclic) bond motifs is 1. The Morgan fingerprint density at radius 2 is 2.00 bits per heavy atom. The molecule has 8 nitrogen and oxygen atoms in total. The van der Waals surface area contributed by atoms with Gasteiger partial charge in [-0.25, -0.2) is 8.42 Å². The lowest BCUT2D eigenvalue weighted by Crippen LogP contribution is -2.55. The molecule has 0 spiro atoms. The third-order valence-electron chi connectivity index (χ3n) is 6.64. The number of carbonyl (C=O) groups is 1. The van der Waals surface area contributed by atoms with Gasteiger partial charge in [-0.1, -0.05) is 37.3 Å². The van der Waals surface area contributed by atoms with Gasteiger partial charge < -0.3 is 15.2 Å². The lowest BCUT2D eigenvalue weighted by atomic mass is 10.0. The second-order valence-electron chi connectivity index (χ2n) is 8.74. The van der Waals surface area contributed by atoms with E-state index in [0.717, 1.165) is 23.6 Å². The molecule has 1 saturated heterocycles. The van der Waals surface area contributed by atoms with Gasteiger partial charge in [-0.15, -0.1) is 0 Å². The topological polar surface area (TPSA) is 102 Å². The first kappa shape index (κ1) is 25.5. The van der Waals surface area contributed by atoms with E-state index in [2.05, 4.69) is 0 Å². The molecular formula is C26H33N3O5S. The molecule has 0 radical (unpaired) electrons. The Morgan fingerprint density at radius 3 is 2.71 bits per heavy atom. The molecule has 9 heteroatoms. The van der Waals surface area contributed by atoms with Crippen molar-refractivity contribution < 1.29 is 22.7 Å². The average molecular weight is 500 g/mol. The highest BCUT2D eigenvalue weighted by atomic mass is 32.2. The number of ketones is 1. The quantitative estimate of drug-likeness (QED) is 0.501. The number of methoxy groups -OCH3 is 1. The molecule has 4 rings (SSSR count). The van der Waals surface area contributed by atoms with Crippen LogP contribution in [0.25, 0.3) is 10.8 Å². The third kappa shape index (κ3) is 5.34. The molecule has 2 N–H and O–H groups in total. The molecule has 35 heavy (non-hydrogen) atoms. The molecule has 2 aliphatic rings. The van der Waals surface area contributed by atoms with Crippen molar-refractivity contribution in [1.29, 1.82) is 0 Å². The van der Waals surface area contributed by atoms with Gasteiger partial charge in [0.1, 0.15) is 5.75 Å². The van der Waals surface area contributed by atoms with Gasteiger partial charge in [-0.2, -0.15) is 4.31 Å². The highest BCUT2D eigenvalue weighted by Crippen LogP contribution is 2.30. The summed E-state index contributed by atoms with van der Waals surface area (Å²) in [6.07, 6.45) is 6.58. The van der Waals surface area contributed by atoms with Crippen molar-refractivity contribution in [3.63, 3.8) is 0 Å². The van der Waals surface area contributed by atoms with Gasteiger partial charge in [0.25, 0.3) is 0 Å².